The van der Waals surface area contributed by atoms with Gasteiger partial charge in [-0.1, -0.05) is 24.3 Å². The lowest BCUT2D eigenvalue weighted by atomic mass is 9.85. The highest BCUT2D eigenvalue weighted by Gasteiger charge is 2.73. The van der Waals surface area contributed by atoms with Crippen LogP contribution < -0.4 is 4.90 Å². The van der Waals surface area contributed by atoms with E-state index in [1.165, 1.54) is 0 Å². The fourth-order valence-corrected chi connectivity index (χ4v) is 5.16. The van der Waals surface area contributed by atoms with Crippen molar-refractivity contribution in [3.8, 4) is 0 Å². The summed E-state index contributed by atoms with van der Waals surface area (Å²) in [6.07, 6.45) is 8.28. The lowest BCUT2D eigenvalue weighted by Crippen LogP contribution is -2.30. The van der Waals surface area contributed by atoms with Crippen LogP contribution in [0.15, 0.2) is 41.5 Å². The number of rotatable bonds is 3. The van der Waals surface area contributed by atoms with Crippen LogP contribution in [0.25, 0.3) is 0 Å². The number of amides is 2. The first-order valence-corrected chi connectivity index (χ1v) is 8.90. The molecule has 4 aliphatic rings. The summed E-state index contributed by atoms with van der Waals surface area (Å²) >= 11 is 0. The van der Waals surface area contributed by atoms with E-state index in [1.807, 2.05) is 43.3 Å². The molecule has 4 atom stereocenters. The van der Waals surface area contributed by atoms with E-state index in [0.717, 1.165) is 29.1 Å². The van der Waals surface area contributed by atoms with Crippen LogP contribution in [0.5, 0.6) is 0 Å². The first kappa shape index (κ1) is 14.9. The molecule has 5 heteroatoms. The zero-order valence-electron chi connectivity index (χ0n) is 14.4. The van der Waals surface area contributed by atoms with Gasteiger partial charge in [-0.3, -0.25) is 9.59 Å². The SMILES string of the molecule is CN(C)c1ccc(/C=N\N2C(=O)[C@@H]3[C@H](C2=O)[C@@H]2C=C[C@@H]3C23CC3)cc1. The van der Waals surface area contributed by atoms with Crippen molar-refractivity contribution >= 4 is 23.7 Å². The second-order valence-corrected chi connectivity index (χ2v) is 7.94. The van der Waals surface area contributed by atoms with Crippen LogP contribution in [0.3, 0.4) is 0 Å². The Morgan fingerprint density at radius 2 is 1.60 bits per heavy atom. The van der Waals surface area contributed by atoms with Gasteiger partial charge in [-0.15, -0.1) is 0 Å². The molecule has 1 saturated heterocycles. The van der Waals surface area contributed by atoms with Crippen LogP contribution in [0.4, 0.5) is 5.69 Å². The van der Waals surface area contributed by atoms with Crippen molar-refractivity contribution in [2.45, 2.75) is 12.8 Å². The summed E-state index contributed by atoms with van der Waals surface area (Å²) in [7, 11) is 3.97. The molecule has 0 aromatic heterocycles. The minimum absolute atomic E-state index is 0.112. The lowest BCUT2D eigenvalue weighted by Gasteiger charge is -2.18. The van der Waals surface area contributed by atoms with E-state index in [2.05, 4.69) is 17.3 Å². The highest BCUT2D eigenvalue weighted by molar-refractivity contribution is 6.07. The molecule has 3 fully saturated rings. The molecule has 25 heavy (non-hydrogen) atoms. The number of hydrazone groups is 1. The van der Waals surface area contributed by atoms with Crippen LogP contribution in [0.2, 0.25) is 0 Å². The average molecular weight is 335 g/mol. The second kappa shape index (κ2) is 4.81. The zero-order chi connectivity index (χ0) is 17.3. The van der Waals surface area contributed by atoms with Crippen molar-refractivity contribution in [2.24, 2.45) is 34.2 Å². The van der Waals surface area contributed by atoms with Gasteiger partial charge < -0.3 is 4.90 Å². The monoisotopic (exact) mass is 335 g/mol. The minimum Gasteiger partial charge on any atom is -0.378 e. The lowest BCUT2D eigenvalue weighted by molar-refractivity contribution is -0.141. The van der Waals surface area contributed by atoms with Crippen molar-refractivity contribution in [3.63, 3.8) is 0 Å². The summed E-state index contributed by atoms with van der Waals surface area (Å²) in [5.41, 5.74) is 2.21. The van der Waals surface area contributed by atoms with E-state index < -0.39 is 0 Å². The van der Waals surface area contributed by atoms with Gasteiger partial charge in [-0.2, -0.15) is 10.1 Å². The summed E-state index contributed by atoms with van der Waals surface area (Å²) in [6, 6.07) is 7.86. The molecule has 0 unspecified atom stereocenters. The van der Waals surface area contributed by atoms with Gasteiger partial charge in [-0.05, 0) is 47.8 Å². The smallest absolute Gasteiger partial charge is 0.254 e. The van der Waals surface area contributed by atoms with Gasteiger partial charge in [0.2, 0.25) is 0 Å². The Labute approximate surface area is 147 Å². The standard InChI is InChI=1S/C20H21N3O2/c1-22(2)13-5-3-12(4-6-13)11-21-23-18(24)16-14-7-8-15(17(16)19(23)25)20(14)9-10-20/h3-8,11,14-17H,9-10H2,1-2H3/b21-11-/t14-,15-,16-,17+/m0/s1. The molecule has 3 aliphatic carbocycles. The molecule has 1 heterocycles. The molecule has 2 saturated carbocycles. The van der Waals surface area contributed by atoms with Crippen LogP contribution in [0.1, 0.15) is 18.4 Å². The van der Waals surface area contributed by atoms with E-state index in [1.54, 1.807) is 6.21 Å². The normalized spacial score (nSPS) is 33.8. The Morgan fingerprint density at radius 1 is 1.04 bits per heavy atom. The van der Waals surface area contributed by atoms with E-state index in [9.17, 15) is 9.59 Å². The molecular formula is C20H21N3O2. The molecular weight excluding hydrogens is 314 g/mol. The number of benzene rings is 1. The molecule has 2 bridgehead atoms. The molecule has 1 aromatic carbocycles. The number of carbonyl (C=O) groups excluding carboxylic acids is 2. The third-order valence-electron chi connectivity index (χ3n) is 6.56. The second-order valence-electron chi connectivity index (χ2n) is 7.94. The Hall–Kier alpha value is -2.43. The number of imide groups is 1. The van der Waals surface area contributed by atoms with E-state index in [4.69, 9.17) is 0 Å². The Kier molecular flexibility index (Phi) is 2.86. The summed E-state index contributed by atoms with van der Waals surface area (Å²) in [4.78, 5) is 27.7. The maximum absolute atomic E-state index is 12.8. The molecule has 2 amide bonds. The van der Waals surface area contributed by atoms with Crippen LogP contribution in [-0.4, -0.2) is 37.1 Å². The number of nitrogens with zero attached hydrogens (tertiary/aromatic N) is 3. The molecule has 5 nitrogen and oxygen atoms in total. The van der Waals surface area contributed by atoms with Crippen molar-refractivity contribution in [1.82, 2.24) is 5.01 Å². The molecule has 1 aromatic rings. The highest BCUT2D eigenvalue weighted by Crippen LogP contribution is 2.73. The quantitative estimate of drug-likeness (QED) is 0.484. The zero-order valence-corrected chi connectivity index (χ0v) is 14.4. The third-order valence-corrected chi connectivity index (χ3v) is 6.56. The van der Waals surface area contributed by atoms with Crippen molar-refractivity contribution in [3.05, 3.63) is 42.0 Å². The number of carbonyl (C=O) groups is 2. The molecule has 1 spiro atoms. The van der Waals surface area contributed by atoms with Crippen molar-refractivity contribution < 1.29 is 9.59 Å². The third kappa shape index (κ3) is 1.86. The molecule has 0 N–H and O–H groups in total. The van der Waals surface area contributed by atoms with Crippen molar-refractivity contribution in [1.29, 1.82) is 0 Å². The molecule has 128 valence electrons. The largest absolute Gasteiger partial charge is 0.378 e. The van der Waals surface area contributed by atoms with Crippen LogP contribution in [-0.2, 0) is 9.59 Å². The van der Waals surface area contributed by atoms with Gasteiger partial charge in [0.1, 0.15) is 0 Å². The van der Waals surface area contributed by atoms with Gasteiger partial charge >= 0.3 is 0 Å². The Morgan fingerprint density at radius 3 is 2.08 bits per heavy atom. The average Bonchev–Trinajstić information content (AvgIpc) is 3.20. The van der Waals surface area contributed by atoms with Gasteiger partial charge in [0.15, 0.2) is 0 Å². The molecule has 1 aliphatic heterocycles. The highest BCUT2D eigenvalue weighted by atomic mass is 16.2. The van der Waals surface area contributed by atoms with E-state index in [-0.39, 0.29) is 40.9 Å². The van der Waals surface area contributed by atoms with Crippen LogP contribution >= 0.6 is 0 Å². The van der Waals surface area contributed by atoms with Gasteiger partial charge in [-0.25, -0.2) is 0 Å². The molecule has 0 radical (unpaired) electrons. The van der Waals surface area contributed by atoms with Gasteiger partial charge in [0.25, 0.3) is 11.8 Å². The summed E-state index contributed by atoms with van der Waals surface area (Å²) in [6.45, 7) is 0. The Bertz CT molecular complexity index is 786. The molecule has 5 rings (SSSR count). The summed E-state index contributed by atoms with van der Waals surface area (Å²) in [5, 5.41) is 5.37. The minimum atomic E-state index is -0.182. The topological polar surface area (TPSA) is 53.0 Å². The fraction of sp³-hybridized carbons (Fsp3) is 0.450. The number of hydrogen-bond acceptors (Lipinski definition) is 4. The number of fused-ring (bicyclic) bond motifs is 3. The number of hydrogen-bond donors (Lipinski definition) is 0. The first-order chi connectivity index (χ1) is 12.0. The predicted molar refractivity (Wildman–Crippen MR) is 95.0 cm³/mol. The summed E-state index contributed by atoms with van der Waals surface area (Å²) < 4.78 is 0. The summed E-state index contributed by atoms with van der Waals surface area (Å²) in [5.74, 6) is -0.0906. The number of allylic oxidation sites excluding steroid dienone is 2. The Balaban J connectivity index is 1.38. The maximum Gasteiger partial charge on any atom is 0.254 e. The first-order valence-electron chi connectivity index (χ1n) is 8.90. The van der Waals surface area contributed by atoms with Gasteiger partial charge in [0.05, 0.1) is 18.1 Å². The van der Waals surface area contributed by atoms with Gasteiger partial charge in [0, 0.05) is 19.8 Å². The fourth-order valence-electron chi connectivity index (χ4n) is 5.16. The van der Waals surface area contributed by atoms with E-state index in [0.29, 0.717) is 0 Å². The predicted octanol–water partition coefficient (Wildman–Crippen LogP) is 2.28. The van der Waals surface area contributed by atoms with Crippen LogP contribution in [0, 0.1) is 29.1 Å². The number of anilines is 1. The maximum atomic E-state index is 12.8. The van der Waals surface area contributed by atoms with E-state index >= 15 is 0 Å². The van der Waals surface area contributed by atoms with Crippen molar-refractivity contribution in [2.75, 3.05) is 19.0 Å².